The van der Waals surface area contributed by atoms with Crippen molar-refractivity contribution in [3.8, 4) is 0 Å². The molecule has 1 unspecified atom stereocenters. The van der Waals surface area contributed by atoms with Crippen LogP contribution in [0.25, 0.3) is 0 Å². The molecule has 1 heterocycles. The second kappa shape index (κ2) is 4.63. The highest BCUT2D eigenvalue weighted by molar-refractivity contribution is 7.89. The summed E-state index contributed by atoms with van der Waals surface area (Å²) in [5, 5.41) is 0. The molecule has 0 radical (unpaired) electrons. The minimum absolute atomic E-state index is 0.111. The van der Waals surface area contributed by atoms with Crippen molar-refractivity contribution in [2.45, 2.75) is 36.8 Å². The average molecular weight is 293 g/mol. The smallest absolute Gasteiger partial charge is 0.424 e. The maximum Gasteiger partial charge on any atom is 0.424 e. The Bertz CT molecular complexity index is 663. The predicted octanol–water partition coefficient (Wildman–Crippen LogP) is 2.22. The molecule has 1 aromatic rings. The van der Waals surface area contributed by atoms with Gasteiger partial charge in [0.15, 0.2) is 0 Å². The van der Waals surface area contributed by atoms with Crippen LogP contribution >= 0.6 is 0 Å². The maximum atomic E-state index is 12.6. The molecule has 6 heteroatoms. The van der Waals surface area contributed by atoms with Crippen molar-refractivity contribution in [3.05, 3.63) is 42.0 Å². The van der Waals surface area contributed by atoms with Crippen molar-refractivity contribution in [2.75, 3.05) is 0 Å². The molecule has 5 nitrogen and oxygen atoms in total. The molecule has 2 atom stereocenters. The Balaban J connectivity index is 2.02. The van der Waals surface area contributed by atoms with Crippen LogP contribution < -0.4 is 0 Å². The fourth-order valence-corrected chi connectivity index (χ4v) is 4.01. The van der Waals surface area contributed by atoms with Crippen molar-refractivity contribution >= 4 is 16.1 Å². The number of carbonyl (C=O) groups is 1. The molecule has 0 N–H and O–H groups in total. The quantitative estimate of drug-likeness (QED) is 0.784. The SMILES string of the molecule is Cc1ccc(S(=O)(=O)N2C(=O)O[C@@H]3CCC=CC32)cc1. The number of sulfonamides is 1. The zero-order valence-electron chi connectivity index (χ0n) is 11.0. The Hall–Kier alpha value is -1.82. The van der Waals surface area contributed by atoms with Gasteiger partial charge in [-0.3, -0.25) is 0 Å². The summed E-state index contributed by atoms with van der Waals surface area (Å²) in [7, 11) is -3.87. The van der Waals surface area contributed by atoms with Gasteiger partial charge in [-0.25, -0.2) is 13.2 Å². The molecule has 1 fully saturated rings. The third kappa shape index (κ3) is 2.00. The summed E-state index contributed by atoms with van der Waals surface area (Å²) in [5.74, 6) is 0. The van der Waals surface area contributed by atoms with E-state index in [2.05, 4.69) is 0 Å². The lowest BCUT2D eigenvalue weighted by atomic mass is 10.0. The highest BCUT2D eigenvalue weighted by atomic mass is 32.2. The van der Waals surface area contributed by atoms with Gasteiger partial charge in [-0.1, -0.05) is 29.8 Å². The fourth-order valence-electron chi connectivity index (χ4n) is 2.53. The van der Waals surface area contributed by atoms with Crippen LogP contribution in [0.5, 0.6) is 0 Å². The second-order valence-corrected chi connectivity index (χ2v) is 6.85. The van der Waals surface area contributed by atoms with E-state index in [1.165, 1.54) is 12.1 Å². The van der Waals surface area contributed by atoms with Crippen LogP contribution in [0.1, 0.15) is 18.4 Å². The number of allylic oxidation sites excluding steroid dienone is 1. The molecule has 1 aromatic carbocycles. The minimum atomic E-state index is -3.87. The topological polar surface area (TPSA) is 63.7 Å². The van der Waals surface area contributed by atoms with Crippen molar-refractivity contribution in [1.29, 1.82) is 0 Å². The molecule has 0 bridgehead atoms. The monoisotopic (exact) mass is 293 g/mol. The molecular formula is C14H15NO4S. The number of hydrogen-bond donors (Lipinski definition) is 0. The molecular weight excluding hydrogens is 278 g/mol. The summed E-state index contributed by atoms with van der Waals surface area (Å²) >= 11 is 0. The summed E-state index contributed by atoms with van der Waals surface area (Å²) < 4.78 is 31.2. The first-order chi connectivity index (χ1) is 9.50. The van der Waals surface area contributed by atoms with Crippen LogP contribution in [0.2, 0.25) is 0 Å². The van der Waals surface area contributed by atoms with Crippen LogP contribution in [-0.2, 0) is 14.8 Å². The number of nitrogens with zero attached hydrogens (tertiary/aromatic N) is 1. The van der Waals surface area contributed by atoms with Gasteiger partial charge in [0.05, 0.1) is 4.90 Å². The van der Waals surface area contributed by atoms with E-state index in [1.54, 1.807) is 18.2 Å². The normalized spacial score (nSPS) is 25.4. The molecule has 106 valence electrons. The van der Waals surface area contributed by atoms with Crippen molar-refractivity contribution < 1.29 is 17.9 Å². The van der Waals surface area contributed by atoms with E-state index in [9.17, 15) is 13.2 Å². The molecule has 1 amide bonds. The largest absolute Gasteiger partial charge is 0.443 e. The third-order valence-electron chi connectivity index (χ3n) is 3.61. The Labute approximate surface area is 117 Å². The van der Waals surface area contributed by atoms with Gasteiger partial charge in [-0.15, -0.1) is 0 Å². The van der Waals surface area contributed by atoms with Crippen LogP contribution in [0.15, 0.2) is 41.3 Å². The highest BCUT2D eigenvalue weighted by Gasteiger charge is 2.47. The first-order valence-electron chi connectivity index (χ1n) is 6.48. The van der Waals surface area contributed by atoms with Gasteiger partial charge >= 0.3 is 6.09 Å². The lowest BCUT2D eigenvalue weighted by Gasteiger charge is -2.23. The van der Waals surface area contributed by atoms with Crippen LogP contribution in [0, 0.1) is 6.92 Å². The molecule has 0 spiro atoms. The Morgan fingerprint density at radius 2 is 1.95 bits per heavy atom. The maximum absolute atomic E-state index is 12.6. The molecule has 1 saturated heterocycles. The first-order valence-corrected chi connectivity index (χ1v) is 7.92. The van der Waals surface area contributed by atoms with Gasteiger partial charge in [0.1, 0.15) is 12.1 Å². The van der Waals surface area contributed by atoms with Gasteiger partial charge in [-0.05, 0) is 31.9 Å². The van der Waals surface area contributed by atoms with E-state index in [0.717, 1.165) is 16.3 Å². The molecule has 1 aliphatic heterocycles. The van der Waals surface area contributed by atoms with Gasteiger partial charge in [0.25, 0.3) is 10.0 Å². The van der Waals surface area contributed by atoms with Crippen LogP contribution in [0.4, 0.5) is 4.79 Å². The minimum Gasteiger partial charge on any atom is -0.443 e. The zero-order valence-corrected chi connectivity index (χ0v) is 11.8. The summed E-state index contributed by atoms with van der Waals surface area (Å²) in [4.78, 5) is 12.0. The molecule has 0 saturated carbocycles. The van der Waals surface area contributed by atoms with E-state index < -0.39 is 22.2 Å². The van der Waals surface area contributed by atoms with Gasteiger partial charge in [-0.2, -0.15) is 4.31 Å². The van der Waals surface area contributed by atoms with Crippen molar-refractivity contribution in [1.82, 2.24) is 4.31 Å². The third-order valence-corrected chi connectivity index (χ3v) is 5.39. The second-order valence-electron chi connectivity index (χ2n) is 5.03. The standard InChI is InChI=1S/C14H15NO4S/c1-10-6-8-11(9-7-10)20(17,18)15-12-4-2-3-5-13(12)19-14(15)16/h2,4,6-9,12-13H,3,5H2,1H3/t12?,13-/m1/s1. The Morgan fingerprint density at radius 1 is 1.25 bits per heavy atom. The number of benzene rings is 1. The van der Waals surface area contributed by atoms with E-state index in [4.69, 9.17) is 4.74 Å². The van der Waals surface area contributed by atoms with E-state index in [-0.39, 0.29) is 11.0 Å². The Kier molecular flexibility index (Phi) is 3.05. The number of carbonyl (C=O) groups excluding carboxylic acids is 1. The molecule has 3 rings (SSSR count). The summed E-state index contributed by atoms with van der Waals surface area (Å²) in [6, 6.07) is 5.92. The number of fused-ring (bicyclic) bond motifs is 1. The number of rotatable bonds is 2. The average Bonchev–Trinajstić information content (AvgIpc) is 2.75. The molecule has 1 aliphatic carbocycles. The number of hydrogen-bond acceptors (Lipinski definition) is 4. The van der Waals surface area contributed by atoms with E-state index in [0.29, 0.717) is 6.42 Å². The van der Waals surface area contributed by atoms with E-state index >= 15 is 0 Å². The molecule has 2 aliphatic rings. The number of ether oxygens (including phenoxy) is 1. The lowest BCUT2D eigenvalue weighted by molar-refractivity contribution is 0.128. The number of aryl methyl sites for hydroxylation is 1. The van der Waals surface area contributed by atoms with Crippen molar-refractivity contribution in [3.63, 3.8) is 0 Å². The molecule has 20 heavy (non-hydrogen) atoms. The fraction of sp³-hybridized carbons (Fsp3) is 0.357. The van der Waals surface area contributed by atoms with Gasteiger partial charge < -0.3 is 4.74 Å². The lowest BCUT2D eigenvalue weighted by Crippen LogP contribution is -2.40. The first kappa shape index (κ1) is 13.2. The zero-order chi connectivity index (χ0) is 14.3. The Morgan fingerprint density at radius 3 is 2.65 bits per heavy atom. The van der Waals surface area contributed by atoms with Crippen molar-refractivity contribution in [2.24, 2.45) is 0 Å². The van der Waals surface area contributed by atoms with Crippen LogP contribution in [0.3, 0.4) is 0 Å². The summed E-state index contributed by atoms with van der Waals surface area (Å²) in [6.45, 7) is 1.88. The van der Waals surface area contributed by atoms with Gasteiger partial charge in [0, 0.05) is 0 Å². The van der Waals surface area contributed by atoms with Crippen LogP contribution in [-0.4, -0.2) is 31.0 Å². The van der Waals surface area contributed by atoms with E-state index in [1.807, 2.05) is 13.0 Å². The van der Waals surface area contributed by atoms with Gasteiger partial charge in [0.2, 0.25) is 0 Å². The predicted molar refractivity (Wildman–Crippen MR) is 72.6 cm³/mol. The molecule has 0 aromatic heterocycles. The highest BCUT2D eigenvalue weighted by Crippen LogP contribution is 2.32. The summed E-state index contributed by atoms with van der Waals surface area (Å²) in [5.41, 5.74) is 0.961. The summed E-state index contributed by atoms with van der Waals surface area (Å²) in [6.07, 6.45) is 3.94. The number of amides is 1.